The standard InChI is InChI=1S/C32H40ClFN6O3/c1-30(2)18-40(29(42)25-12-9-22(33)15-26(25)35-28(41)21-7-10-23(34)11-8-21)27(30)17-39-16-24(36-37-39)13-14-38-19-31(3,4)43-32(5,6)20-38/h7-12,15-16,27H,13-14,17-20H2,1-6H3,(H,35,41). The molecule has 1 N–H and O–H groups in total. The Morgan fingerprint density at radius 2 is 1.70 bits per heavy atom. The second-order valence-electron chi connectivity index (χ2n) is 13.6. The van der Waals surface area contributed by atoms with Gasteiger partial charge in [0.05, 0.1) is 40.7 Å². The maximum absolute atomic E-state index is 13.8. The highest BCUT2D eigenvalue weighted by atomic mass is 35.5. The Balaban J connectivity index is 1.26. The predicted molar refractivity (Wildman–Crippen MR) is 164 cm³/mol. The number of carbonyl (C=O) groups is 2. The van der Waals surface area contributed by atoms with E-state index in [0.717, 1.165) is 31.7 Å². The fourth-order valence-corrected chi connectivity index (χ4v) is 6.55. The van der Waals surface area contributed by atoms with Gasteiger partial charge in [-0.2, -0.15) is 0 Å². The summed E-state index contributed by atoms with van der Waals surface area (Å²) < 4.78 is 21.4. The second kappa shape index (κ2) is 11.6. The third kappa shape index (κ3) is 7.25. The highest BCUT2D eigenvalue weighted by Crippen LogP contribution is 2.40. The zero-order valence-corrected chi connectivity index (χ0v) is 26.4. The van der Waals surface area contributed by atoms with Gasteiger partial charge in [0, 0.05) is 54.8 Å². The van der Waals surface area contributed by atoms with Gasteiger partial charge in [-0.1, -0.05) is 30.7 Å². The Hall–Kier alpha value is -3.34. The van der Waals surface area contributed by atoms with E-state index in [-0.39, 0.29) is 34.1 Å². The van der Waals surface area contributed by atoms with Crippen LogP contribution in [0.25, 0.3) is 0 Å². The number of morpholine rings is 1. The van der Waals surface area contributed by atoms with Crippen LogP contribution in [-0.4, -0.2) is 80.0 Å². The molecule has 11 heteroatoms. The lowest BCUT2D eigenvalue weighted by Crippen LogP contribution is -2.65. The highest BCUT2D eigenvalue weighted by molar-refractivity contribution is 6.31. The topological polar surface area (TPSA) is 92.6 Å². The van der Waals surface area contributed by atoms with Gasteiger partial charge in [-0.05, 0) is 70.2 Å². The van der Waals surface area contributed by atoms with E-state index < -0.39 is 11.7 Å². The lowest BCUT2D eigenvalue weighted by molar-refractivity contribution is -0.180. The molecule has 2 amide bonds. The minimum atomic E-state index is -0.462. The number of likely N-dealkylation sites (tertiary alicyclic amines) is 1. The number of anilines is 1. The molecule has 1 aromatic heterocycles. The van der Waals surface area contributed by atoms with Crippen LogP contribution in [0.3, 0.4) is 0 Å². The van der Waals surface area contributed by atoms with Crippen molar-refractivity contribution >= 4 is 29.1 Å². The van der Waals surface area contributed by atoms with Crippen LogP contribution in [0.4, 0.5) is 10.1 Å². The molecule has 1 unspecified atom stereocenters. The summed E-state index contributed by atoms with van der Waals surface area (Å²) in [6, 6.07) is 9.87. The van der Waals surface area contributed by atoms with Crippen LogP contribution >= 0.6 is 11.6 Å². The number of hydrogen-bond donors (Lipinski definition) is 1. The van der Waals surface area contributed by atoms with Gasteiger partial charge in [0.25, 0.3) is 11.8 Å². The summed E-state index contributed by atoms with van der Waals surface area (Å²) in [5.41, 5.74) is 1.24. The molecule has 2 aliphatic heterocycles. The van der Waals surface area contributed by atoms with Crippen molar-refractivity contribution in [2.24, 2.45) is 5.41 Å². The monoisotopic (exact) mass is 610 g/mol. The third-order valence-electron chi connectivity index (χ3n) is 8.08. The average molecular weight is 611 g/mol. The Bertz CT molecular complexity index is 1490. The Kier molecular flexibility index (Phi) is 8.41. The minimum absolute atomic E-state index is 0.133. The summed E-state index contributed by atoms with van der Waals surface area (Å²) in [5, 5.41) is 12.0. The molecule has 1 atom stereocenters. The van der Waals surface area contributed by atoms with E-state index in [1.807, 2.05) is 10.9 Å². The van der Waals surface area contributed by atoms with Gasteiger partial charge >= 0.3 is 0 Å². The lowest BCUT2D eigenvalue weighted by atomic mass is 9.74. The number of ether oxygens (including phenoxy) is 1. The van der Waals surface area contributed by atoms with E-state index in [0.29, 0.717) is 29.4 Å². The summed E-state index contributed by atoms with van der Waals surface area (Å²) in [6.45, 7) is 16.4. The fraction of sp³-hybridized carbons (Fsp3) is 0.500. The first-order chi connectivity index (χ1) is 20.1. The SMILES string of the molecule is CC1(C)CN(CCc2cn(CC3N(C(=O)c4ccc(Cl)cc4NC(=O)c4ccc(F)cc4)CC3(C)C)nn2)CC(C)(C)O1. The Labute approximate surface area is 257 Å². The Morgan fingerprint density at radius 3 is 2.35 bits per heavy atom. The highest BCUT2D eigenvalue weighted by Gasteiger charge is 2.49. The summed E-state index contributed by atoms with van der Waals surface area (Å²) in [6.07, 6.45) is 2.73. The van der Waals surface area contributed by atoms with E-state index in [1.54, 1.807) is 23.1 Å². The molecule has 0 bridgehead atoms. The smallest absolute Gasteiger partial charge is 0.256 e. The first-order valence-electron chi connectivity index (χ1n) is 14.6. The number of halogens is 2. The molecule has 2 aromatic carbocycles. The molecule has 5 rings (SSSR count). The molecule has 43 heavy (non-hydrogen) atoms. The quantitative estimate of drug-likeness (QED) is 0.372. The van der Waals surface area contributed by atoms with E-state index in [1.165, 1.54) is 24.3 Å². The summed E-state index contributed by atoms with van der Waals surface area (Å²) in [7, 11) is 0. The van der Waals surface area contributed by atoms with Crippen molar-refractivity contribution in [3.63, 3.8) is 0 Å². The lowest BCUT2D eigenvalue weighted by Gasteiger charge is -2.54. The summed E-state index contributed by atoms with van der Waals surface area (Å²) in [4.78, 5) is 30.9. The Morgan fingerprint density at radius 1 is 1.02 bits per heavy atom. The van der Waals surface area contributed by atoms with Crippen LogP contribution < -0.4 is 5.32 Å². The molecule has 9 nitrogen and oxygen atoms in total. The molecule has 0 aliphatic carbocycles. The molecule has 3 heterocycles. The predicted octanol–water partition coefficient (Wildman–Crippen LogP) is 5.31. The van der Waals surface area contributed by atoms with Crippen molar-refractivity contribution in [3.05, 3.63) is 76.3 Å². The molecule has 0 saturated carbocycles. The van der Waals surface area contributed by atoms with Gasteiger partial charge in [0.2, 0.25) is 0 Å². The molecule has 230 valence electrons. The normalized spacial score (nSPS) is 20.8. The molecular weight excluding hydrogens is 571 g/mol. The average Bonchev–Trinajstić information content (AvgIpc) is 3.35. The third-order valence-corrected chi connectivity index (χ3v) is 8.31. The van der Waals surface area contributed by atoms with E-state index >= 15 is 0 Å². The summed E-state index contributed by atoms with van der Waals surface area (Å²) >= 11 is 6.23. The van der Waals surface area contributed by atoms with Gasteiger partial charge in [-0.15, -0.1) is 5.10 Å². The maximum Gasteiger partial charge on any atom is 0.256 e. The molecular formula is C32H40ClFN6O3. The van der Waals surface area contributed by atoms with E-state index in [9.17, 15) is 14.0 Å². The largest absolute Gasteiger partial charge is 0.367 e. The maximum atomic E-state index is 13.8. The van der Waals surface area contributed by atoms with Crippen molar-refractivity contribution < 1.29 is 18.7 Å². The van der Waals surface area contributed by atoms with Gasteiger partial charge in [0.15, 0.2) is 0 Å². The first kappa shape index (κ1) is 31.1. The van der Waals surface area contributed by atoms with Gasteiger partial charge in [-0.3, -0.25) is 19.2 Å². The minimum Gasteiger partial charge on any atom is -0.367 e. The molecule has 3 aromatic rings. The number of amides is 2. The van der Waals surface area contributed by atoms with Crippen LogP contribution in [0, 0.1) is 11.2 Å². The zero-order valence-electron chi connectivity index (χ0n) is 25.7. The van der Waals surface area contributed by atoms with Gasteiger partial charge in [0.1, 0.15) is 5.82 Å². The number of carbonyl (C=O) groups excluding carboxylic acids is 2. The van der Waals surface area contributed by atoms with Crippen molar-refractivity contribution in [3.8, 4) is 0 Å². The van der Waals surface area contributed by atoms with Crippen molar-refractivity contribution in [1.82, 2.24) is 24.8 Å². The van der Waals surface area contributed by atoms with Crippen LogP contribution in [0.1, 0.15) is 68.0 Å². The fourth-order valence-electron chi connectivity index (χ4n) is 6.38. The number of benzene rings is 2. The molecule has 0 spiro atoms. The van der Waals surface area contributed by atoms with Crippen LogP contribution in [0.15, 0.2) is 48.7 Å². The van der Waals surface area contributed by atoms with Crippen LogP contribution in [0.2, 0.25) is 5.02 Å². The molecule has 2 saturated heterocycles. The second-order valence-corrected chi connectivity index (χ2v) is 14.0. The van der Waals surface area contributed by atoms with E-state index in [2.05, 4.69) is 62.1 Å². The number of nitrogens with zero attached hydrogens (tertiary/aromatic N) is 5. The number of hydrogen-bond acceptors (Lipinski definition) is 6. The van der Waals surface area contributed by atoms with Crippen molar-refractivity contribution in [1.29, 1.82) is 0 Å². The zero-order chi connectivity index (χ0) is 31.2. The van der Waals surface area contributed by atoms with Gasteiger partial charge < -0.3 is 15.0 Å². The van der Waals surface area contributed by atoms with Gasteiger partial charge in [-0.25, -0.2) is 4.39 Å². The number of nitrogens with one attached hydrogen (secondary N) is 1. The first-order valence-corrected chi connectivity index (χ1v) is 15.0. The molecule has 2 fully saturated rings. The summed E-state index contributed by atoms with van der Waals surface area (Å²) in [5.74, 6) is -1.12. The number of aromatic nitrogens is 3. The van der Waals surface area contributed by atoms with Crippen molar-refractivity contribution in [2.45, 2.75) is 71.8 Å². The van der Waals surface area contributed by atoms with Crippen LogP contribution in [0.5, 0.6) is 0 Å². The van der Waals surface area contributed by atoms with Crippen LogP contribution in [-0.2, 0) is 17.7 Å². The number of rotatable bonds is 8. The van der Waals surface area contributed by atoms with E-state index in [4.69, 9.17) is 16.3 Å². The molecule has 0 radical (unpaired) electrons. The van der Waals surface area contributed by atoms with Crippen molar-refractivity contribution in [2.75, 3.05) is 31.5 Å². The molecule has 2 aliphatic rings.